The molecule has 1 heterocycles. The van der Waals surface area contributed by atoms with E-state index >= 15 is 0 Å². The van der Waals surface area contributed by atoms with Crippen molar-refractivity contribution < 1.29 is 4.74 Å². The summed E-state index contributed by atoms with van der Waals surface area (Å²) in [6.07, 6.45) is 0.997. The molecule has 0 spiro atoms. The first-order valence-corrected chi connectivity index (χ1v) is 6.77. The van der Waals surface area contributed by atoms with Crippen LogP contribution in [0.1, 0.15) is 30.8 Å². The van der Waals surface area contributed by atoms with E-state index in [9.17, 15) is 0 Å². The molecular weight excluding hydrogens is 248 g/mol. The zero-order valence-electron chi connectivity index (χ0n) is 11.1. The molecule has 0 aliphatic heterocycles. The maximum Gasteiger partial charge on any atom is 0.125 e. The molecule has 2 rings (SSSR count). The van der Waals surface area contributed by atoms with Crippen molar-refractivity contribution in [2.45, 2.75) is 32.2 Å². The number of nitrogens with zero attached hydrogens (tertiary/aromatic N) is 2. The van der Waals surface area contributed by atoms with Gasteiger partial charge in [-0.05, 0) is 31.0 Å². The number of hydrogen-bond donors (Lipinski definition) is 0. The van der Waals surface area contributed by atoms with Crippen LogP contribution in [-0.4, -0.2) is 23.3 Å². The predicted octanol–water partition coefficient (Wildman–Crippen LogP) is 3.68. The van der Waals surface area contributed by atoms with Crippen LogP contribution in [0.5, 0.6) is 0 Å². The summed E-state index contributed by atoms with van der Waals surface area (Å²) in [5, 5.41) is 0. The lowest BCUT2D eigenvalue weighted by atomic mass is 10.2. The SMILES string of the molecule is CCC(COC)n1c(CCl)nc2cc(C)ccc21. The van der Waals surface area contributed by atoms with Gasteiger partial charge in [-0.25, -0.2) is 4.98 Å². The van der Waals surface area contributed by atoms with Gasteiger partial charge >= 0.3 is 0 Å². The molecule has 0 aliphatic carbocycles. The van der Waals surface area contributed by atoms with Crippen LogP contribution < -0.4 is 0 Å². The fourth-order valence-corrected chi connectivity index (χ4v) is 2.52. The number of imidazole rings is 1. The van der Waals surface area contributed by atoms with Gasteiger partial charge in [-0.3, -0.25) is 0 Å². The lowest BCUT2D eigenvalue weighted by Crippen LogP contribution is -2.16. The third-order valence-corrected chi connectivity index (χ3v) is 3.47. The summed E-state index contributed by atoms with van der Waals surface area (Å²) >= 11 is 6.02. The summed E-state index contributed by atoms with van der Waals surface area (Å²) in [6, 6.07) is 6.61. The summed E-state index contributed by atoms with van der Waals surface area (Å²) < 4.78 is 7.51. The quantitative estimate of drug-likeness (QED) is 0.772. The Labute approximate surface area is 113 Å². The molecular formula is C14H19ClN2O. The van der Waals surface area contributed by atoms with E-state index in [0.717, 1.165) is 23.3 Å². The number of alkyl halides is 1. The number of aryl methyl sites for hydroxylation is 1. The van der Waals surface area contributed by atoms with Gasteiger partial charge in [-0.15, -0.1) is 11.6 Å². The van der Waals surface area contributed by atoms with E-state index in [4.69, 9.17) is 16.3 Å². The molecule has 4 heteroatoms. The molecule has 0 aliphatic rings. The third kappa shape index (κ3) is 2.38. The molecule has 2 aromatic rings. The zero-order valence-corrected chi connectivity index (χ0v) is 11.9. The summed E-state index contributed by atoms with van der Waals surface area (Å²) in [6.45, 7) is 4.91. The smallest absolute Gasteiger partial charge is 0.125 e. The molecule has 98 valence electrons. The fourth-order valence-electron chi connectivity index (χ4n) is 2.33. The molecule has 18 heavy (non-hydrogen) atoms. The molecule has 0 fully saturated rings. The van der Waals surface area contributed by atoms with Gasteiger partial charge in [-0.2, -0.15) is 0 Å². The number of rotatable bonds is 5. The molecule has 1 atom stereocenters. The Morgan fingerprint density at radius 1 is 1.44 bits per heavy atom. The Morgan fingerprint density at radius 3 is 2.83 bits per heavy atom. The summed E-state index contributed by atoms with van der Waals surface area (Å²) in [5.41, 5.74) is 3.37. The monoisotopic (exact) mass is 266 g/mol. The van der Waals surface area contributed by atoms with Crippen LogP contribution in [0.4, 0.5) is 0 Å². The van der Waals surface area contributed by atoms with Crippen molar-refractivity contribution in [3.8, 4) is 0 Å². The van der Waals surface area contributed by atoms with Crippen LogP contribution >= 0.6 is 11.6 Å². The molecule has 1 aromatic carbocycles. The number of aromatic nitrogens is 2. The fraction of sp³-hybridized carbons (Fsp3) is 0.500. The van der Waals surface area contributed by atoms with Crippen molar-refractivity contribution in [2.24, 2.45) is 0 Å². The topological polar surface area (TPSA) is 27.1 Å². The highest BCUT2D eigenvalue weighted by molar-refractivity contribution is 6.16. The minimum absolute atomic E-state index is 0.288. The molecule has 0 N–H and O–H groups in total. The molecule has 0 saturated carbocycles. The molecule has 0 saturated heterocycles. The maximum absolute atomic E-state index is 6.02. The first kappa shape index (κ1) is 13.4. The molecule has 0 amide bonds. The summed E-state index contributed by atoms with van der Waals surface area (Å²) in [7, 11) is 1.73. The number of ether oxygens (including phenoxy) is 1. The van der Waals surface area contributed by atoms with Crippen LogP contribution in [0.15, 0.2) is 18.2 Å². The first-order valence-electron chi connectivity index (χ1n) is 6.23. The van der Waals surface area contributed by atoms with Crippen molar-refractivity contribution in [1.82, 2.24) is 9.55 Å². The number of fused-ring (bicyclic) bond motifs is 1. The lowest BCUT2D eigenvalue weighted by molar-refractivity contribution is 0.154. The van der Waals surface area contributed by atoms with E-state index in [-0.39, 0.29) is 6.04 Å². The minimum Gasteiger partial charge on any atom is -0.383 e. The standard InChI is InChI=1S/C14H19ClN2O/c1-4-11(9-18-3)17-13-6-5-10(2)7-12(13)16-14(17)8-15/h5-7,11H,4,8-9H2,1-3H3. The number of benzene rings is 1. The first-order chi connectivity index (χ1) is 8.71. The molecule has 1 aromatic heterocycles. The second kappa shape index (κ2) is 5.72. The molecule has 0 radical (unpaired) electrons. The van der Waals surface area contributed by atoms with Crippen molar-refractivity contribution in [1.29, 1.82) is 0 Å². The Balaban J connectivity index is 2.58. The lowest BCUT2D eigenvalue weighted by Gasteiger charge is -2.19. The summed E-state index contributed by atoms with van der Waals surface area (Å²) in [5.74, 6) is 1.34. The van der Waals surface area contributed by atoms with E-state index < -0.39 is 0 Å². The number of halogens is 1. The number of methoxy groups -OCH3 is 1. The summed E-state index contributed by atoms with van der Waals surface area (Å²) in [4.78, 5) is 4.62. The zero-order chi connectivity index (χ0) is 13.1. The van der Waals surface area contributed by atoms with Crippen molar-refractivity contribution >= 4 is 22.6 Å². The van der Waals surface area contributed by atoms with Gasteiger partial charge in [-0.1, -0.05) is 13.0 Å². The molecule has 1 unspecified atom stereocenters. The van der Waals surface area contributed by atoms with Gasteiger partial charge in [0.05, 0.1) is 29.6 Å². The number of hydrogen-bond acceptors (Lipinski definition) is 2. The highest BCUT2D eigenvalue weighted by Gasteiger charge is 2.17. The third-order valence-electron chi connectivity index (χ3n) is 3.23. The highest BCUT2D eigenvalue weighted by atomic mass is 35.5. The van der Waals surface area contributed by atoms with Crippen molar-refractivity contribution in [3.63, 3.8) is 0 Å². The van der Waals surface area contributed by atoms with E-state index in [1.54, 1.807) is 7.11 Å². The van der Waals surface area contributed by atoms with Crippen LogP contribution in [0.25, 0.3) is 11.0 Å². The molecule has 3 nitrogen and oxygen atoms in total. The Morgan fingerprint density at radius 2 is 2.22 bits per heavy atom. The average molecular weight is 267 g/mol. The van der Waals surface area contributed by atoms with E-state index in [1.807, 2.05) is 0 Å². The van der Waals surface area contributed by atoms with Crippen LogP contribution in [0, 0.1) is 6.92 Å². The Bertz CT molecular complexity index is 536. The van der Waals surface area contributed by atoms with Gasteiger partial charge in [0.2, 0.25) is 0 Å². The van der Waals surface area contributed by atoms with Gasteiger partial charge in [0.15, 0.2) is 0 Å². The molecule has 0 bridgehead atoms. The van der Waals surface area contributed by atoms with Crippen LogP contribution in [-0.2, 0) is 10.6 Å². The highest BCUT2D eigenvalue weighted by Crippen LogP contribution is 2.25. The second-order valence-electron chi connectivity index (χ2n) is 4.54. The van der Waals surface area contributed by atoms with E-state index in [2.05, 4.69) is 41.6 Å². The van der Waals surface area contributed by atoms with Gasteiger partial charge < -0.3 is 9.30 Å². The van der Waals surface area contributed by atoms with Crippen molar-refractivity contribution in [3.05, 3.63) is 29.6 Å². The normalized spacial score (nSPS) is 13.1. The maximum atomic E-state index is 6.02. The minimum atomic E-state index is 0.288. The van der Waals surface area contributed by atoms with E-state index in [0.29, 0.717) is 12.5 Å². The van der Waals surface area contributed by atoms with Gasteiger partial charge in [0.25, 0.3) is 0 Å². The van der Waals surface area contributed by atoms with Gasteiger partial charge in [0.1, 0.15) is 5.82 Å². The largest absolute Gasteiger partial charge is 0.383 e. The van der Waals surface area contributed by atoms with Crippen LogP contribution in [0.3, 0.4) is 0 Å². The van der Waals surface area contributed by atoms with Crippen LogP contribution in [0.2, 0.25) is 0 Å². The van der Waals surface area contributed by atoms with Crippen molar-refractivity contribution in [2.75, 3.05) is 13.7 Å². The average Bonchev–Trinajstić information content (AvgIpc) is 2.73. The Kier molecular flexibility index (Phi) is 4.25. The van der Waals surface area contributed by atoms with E-state index in [1.165, 1.54) is 5.56 Å². The Hall–Kier alpha value is -1.06. The second-order valence-corrected chi connectivity index (χ2v) is 4.81. The van der Waals surface area contributed by atoms with Gasteiger partial charge in [0, 0.05) is 7.11 Å². The predicted molar refractivity (Wildman–Crippen MR) is 75.2 cm³/mol.